The molecule has 1 rings (SSSR count). The molecular weight excluding hydrogens is 76.1 g/mol. The second-order valence-electron chi connectivity index (χ2n) is 2.23. The molecule has 0 aromatic rings. The van der Waals surface area contributed by atoms with Crippen molar-refractivity contribution in [1.29, 1.82) is 0 Å². The van der Waals surface area contributed by atoms with Crippen LogP contribution in [0.15, 0.2) is 0 Å². The van der Waals surface area contributed by atoms with E-state index in [2.05, 4.69) is 6.92 Å². The van der Waals surface area contributed by atoms with Gasteiger partial charge in [0.2, 0.25) is 0 Å². The summed E-state index contributed by atoms with van der Waals surface area (Å²) in [4.78, 5) is 0. The molecule has 0 radical (unpaired) electrons. The van der Waals surface area contributed by atoms with Crippen LogP contribution in [0, 0.1) is 5.92 Å². The molecule has 0 spiro atoms. The third-order valence-corrected chi connectivity index (χ3v) is 1.35. The maximum atomic E-state index is 8.62. The molecule has 1 aliphatic rings. The van der Waals surface area contributed by atoms with Crippen LogP contribution in [0.4, 0.5) is 0 Å². The standard InChI is InChI=1S/C5H10O/c1-4-2-5(6)3-4/h4-6H,2-3H2,1H3/t4-,5+. The molecule has 1 nitrogen and oxygen atoms in total. The highest BCUT2D eigenvalue weighted by molar-refractivity contribution is 4.73. The number of rotatable bonds is 0. The quantitative estimate of drug-likeness (QED) is 0.462. The fourth-order valence-electron chi connectivity index (χ4n) is 0.860. The first-order chi connectivity index (χ1) is 2.79. The summed E-state index contributed by atoms with van der Waals surface area (Å²) < 4.78 is 0. The number of hydrogen-bond donors (Lipinski definition) is 1. The van der Waals surface area contributed by atoms with Crippen LogP contribution in [0.2, 0.25) is 0 Å². The fourth-order valence-corrected chi connectivity index (χ4v) is 0.860. The van der Waals surface area contributed by atoms with Gasteiger partial charge in [0, 0.05) is 0 Å². The van der Waals surface area contributed by atoms with Gasteiger partial charge in [-0.05, 0) is 18.8 Å². The maximum Gasteiger partial charge on any atom is 0.0545 e. The van der Waals surface area contributed by atoms with Gasteiger partial charge in [0.15, 0.2) is 0 Å². The van der Waals surface area contributed by atoms with Crippen molar-refractivity contribution in [2.75, 3.05) is 0 Å². The summed E-state index contributed by atoms with van der Waals surface area (Å²) in [6, 6.07) is 0. The summed E-state index contributed by atoms with van der Waals surface area (Å²) in [5, 5.41) is 8.62. The molecule has 1 N–H and O–H groups in total. The van der Waals surface area contributed by atoms with E-state index in [0.29, 0.717) is 0 Å². The minimum atomic E-state index is 0.0417. The Labute approximate surface area is 38.0 Å². The van der Waals surface area contributed by atoms with Crippen LogP contribution >= 0.6 is 0 Å². The minimum Gasteiger partial charge on any atom is -0.393 e. The second kappa shape index (κ2) is 1.23. The molecule has 0 heterocycles. The third-order valence-electron chi connectivity index (χ3n) is 1.35. The van der Waals surface area contributed by atoms with Crippen molar-refractivity contribution in [2.45, 2.75) is 25.9 Å². The van der Waals surface area contributed by atoms with Gasteiger partial charge in [-0.15, -0.1) is 0 Å². The lowest BCUT2D eigenvalue weighted by molar-refractivity contribution is 0.0513. The maximum absolute atomic E-state index is 8.62. The zero-order valence-corrected chi connectivity index (χ0v) is 4.02. The summed E-state index contributed by atoms with van der Waals surface area (Å²) in [5.74, 6) is 0.792. The Balaban J connectivity index is 2.11. The fraction of sp³-hybridized carbons (Fsp3) is 1.00. The highest BCUT2D eigenvalue weighted by Gasteiger charge is 2.21. The van der Waals surface area contributed by atoms with Crippen molar-refractivity contribution < 1.29 is 5.11 Å². The predicted molar refractivity (Wildman–Crippen MR) is 24.4 cm³/mol. The highest BCUT2D eigenvalue weighted by Crippen LogP contribution is 2.25. The second-order valence-corrected chi connectivity index (χ2v) is 2.23. The van der Waals surface area contributed by atoms with Crippen LogP contribution in [0.5, 0.6) is 0 Å². The molecule has 1 fully saturated rings. The van der Waals surface area contributed by atoms with E-state index >= 15 is 0 Å². The normalized spacial score (nSPS) is 45.0. The molecule has 36 valence electrons. The Bertz CT molecular complexity index is 39.9. The number of aliphatic hydroxyl groups excluding tert-OH is 1. The molecule has 6 heavy (non-hydrogen) atoms. The lowest BCUT2D eigenvalue weighted by Gasteiger charge is -2.27. The van der Waals surface area contributed by atoms with Crippen LogP contribution in [-0.2, 0) is 0 Å². The Hall–Kier alpha value is -0.0400. The molecular formula is C5H10O. The average molecular weight is 86.1 g/mol. The van der Waals surface area contributed by atoms with E-state index in [1.54, 1.807) is 0 Å². The van der Waals surface area contributed by atoms with E-state index < -0.39 is 0 Å². The van der Waals surface area contributed by atoms with Gasteiger partial charge >= 0.3 is 0 Å². The average Bonchev–Trinajstić information content (AvgIpc) is 1.33. The van der Waals surface area contributed by atoms with Gasteiger partial charge in [-0.25, -0.2) is 0 Å². The molecule has 1 heteroatoms. The molecule has 0 amide bonds. The number of hydrogen-bond acceptors (Lipinski definition) is 1. The molecule has 0 bridgehead atoms. The van der Waals surface area contributed by atoms with E-state index in [4.69, 9.17) is 5.11 Å². The molecule has 0 atom stereocenters. The topological polar surface area (TPSA) is 20.2 Å². The first kappa shape index (κ1) is 4.13. The largest absolute Gasteiger partial charge is 0.393 e. The molecule has 1 saturated carbocycles. The van der Waals surface area contributed by atoms with Gasteiger partial charge in [0.25, 0.3) is 0 Å². The number of aliphatic hydroxyl groups is 1. The molecule has 0 aromatic carbocycles. The van der Waals surface area contributed by atoms with Crippen LogP contribution in [-0.4, -0.2) is 11.2 Å². The zero-order chi connectivity index (χ0) is 4.57. The van der Waals surface area contributed by atoms with Gasteiger partial charge in [0.1, 0.15) is 0 Å². The SMILES string of the molecule is C[C@H]1C[C@@H](O)C1. The summed E-state index contributed by atoms with van der Waals surface area (Å²) in [7, 11) is 0. The zero-order valence-electron chi connectivity index (χ0n) is 4.02. The van der Waals surface area contributed by atoms with Crippen molar-refractivity contribution in [3.8, 4) is 0 Å². The van der Waals surface area contributed by atoms with Gasteiger partial charge in [-0.3, -0.25) is 0 Å². The lowest BCUT2D eigenvalue weighted by atomic mass is 9.84. The molecule has 1 aliphatic carbocycles. The predicted octanol–water partition coefficient (Wildman–Crippen LogP) is 0.777. The summed E-state index contributed by atoms with van der Waals surface area (Å²) >= 11 is 0. The Morgan fingerprint density at radius 1 is 1.50 bits per heavy atom. The molecule has 0 saturated heterocycles. The van der Waals surface area contributed by atoms with E-state index in [-0.39, 0.29) is 6.10 Å². The molecule has 0 unspecified atom stereocenters. The van der Waals surface area contributed by atoms with Crippen molar-refractivity contribution >= 4 is 0 Å². The summed E-state index contributed by atoms with van der Waals surface area (Å²) in [5.41, 5.74) is 0. The van der Waals surface area contributed by atoms with E-state index in [9.17, 15) is 0 Å². The van der Waals surface area contributed by atoms with Gasteiger partial charge in [0.05, 0.1) is 6.10 Å². The van der Waals surface area contributed by atoms with Crippen molar-refractivity contribution in [3.05, 3.63) is 0 Å². The van der Waals surface area contributed by atoms with Crippen molar-refractivity contribution in [2.24, 2.45) is 5.92 Å². The van der Waals surface area contributed by atoms with Crippen molar-refractivity contribution in [3.63, 3.8) is 0 Å². The van der Waals surface area contributed by atoms with E-state index in [1.807, 2.05) is 0 Å². The Kier molecular flexibility index (Phi) is 0.845. The first-order valence-electron chi connectivity index (χ1n) is 2.47. The van der Waals surface area contributed by atoms with Crippen molar-refractivity contribution in [1.82, 2.24) is 0 Å². The van der Waals surface area contributed by atoms with Gasteiger partial charge < -0.3 is 5.11 Å². The minimum absolute atomic E-state index is 0.0417. The Morgan fingerprint density at radius 2 is 2.00 bits per heavy atom. The van der Waals surface area contributed by atoms with E-state index in [1.165, 1.54) is 0 Å². The monoisotopic (exact) mass is 86.1 g/mol. The summed E-state index contributed by atoms with van der Waals surface area (Å²) in [6.45, 7) is 2.16. The van der Waals surface area contributed by atoms with Gasteiger partial charge in [-0.2, -0.15) is 0 Å². The lowest BCUT2D eigenvalue weighted by Crippen LogP contribution is -2.25. The molecule has 0 aliphatic heterocycles. The molecule has 0 aromatic heterocycles. The third kappa shape index (κ3) is 0.548. The van der Waals surface area contributed by atoms with Crippen LogP contribution in [0.1, 0.15) is 19.8 Å². The van der Waals surface area contributed by atoms with E-state index in [0.717, 1.165) is 18.8 Å². The van der Waals surface area contributed by atoms with Crippen LogP contribution in [0.25, 0.3) is 0 Å². The van der Waals surface area contributed by atoms with Gasteiger partial charge in [-0.1, -0.05) is 6.92 Å². The summed E-state index contributed by atoms with van der Waals surface area (Å²) in [6.07, 6.45) is 2.10. The van der Waals surface area contributed by atoms with Crippen LogP contribution in [0.3, 0.4) is 0 Å². The Morgan fingerprint density at radius 3 is 2.00 bits per heavy atom. The highest BCUT2D eigenvalue weighted by atomic mass is 16.3. The smallest absolute Gasteiger partial charge is 0.0545 e. The van der Waals surface area contributed by atoms with Crippen LogP contribution < -0.4 is 0 Å². The first-order valence-corrected chi connectivity index (χ1v) is 2.47.